The third-order valence-electron chi connectivity index (χ3n) is 3.45. The molecule has 3 rings (SSSR count). The Bertz CT molecular complexity index is 1090. The molecule has 1 heterocycles. The third-order valence-corrected chi connectivity index (χ3v) is 6.50. The van der Waals surface area contributed by atoms with E-state index in [-0.39, 0.29) is 10.6 Å². The SMILES string of the molecule is O=c1[nH]c2cc(Br)cc(Br)c2cc1S(=O)(=O)Cc1ccc(Cl)cc1. The minimum atomic E-state index is -3.79. The Hall–Kier alpha value is -1.15. The maximum absolute atomic E-state index is 12.7. The molecule has 0 fully saturated rings. The van der Waals surface area contributed by atoms with E-state index >= 15 is 0 Å². The van der Waals surface area contributed by atoms with Gasteiger partial charge in [-0.3, -0.25) is 4.79 Å². The molecule has 0 unspecified atom stereocenters. The molecule has 3 aromatic rings. The van der Waals surface area contributed by atoms with Crippen LogP contribution in [0.4, 0.5) is 0 Å². The lowest BCUT2D eigenvalue weighted by Crippen LogP contribution is -2.19. The van der Waals surface area contributed by atoms with E-state index in [0.29, 0.717) is 26.0 Å². The van der Waals surface area contributed by atoms with E-state index in [2.05, 4.69) is 36.8 Å². The first kappa shape index (κ1) is 17.7. The topological polar surface area (TPSA) is 67.0 Å². The van der Waals surface area contributed by atoms with Crippen LogP contribution in [0, 0.1) is 0 Å². The van der Waals surface area contributed by atoms with E-state index in [1.807, 2.05) is 0 Å². The summed E-state index contributed by atoms with van der Waals surface area (Å²) < 4.78 is 26.8. The molecule has 1 aromatic heterocycles. The number of rotatable bonds is 3. The lowest BCUT2D eigenvalue weighted by atomic mass is 10.2. The quantitative estimate of drug-likeness (QED) is 0.579. The molecular formula is C16H10Br2ClNO3S. The molecule has 2 aromatic carbocycles. The van der Waals surface area contributed by atoms with Gasteiger partial charge in [-0.05, 0) is 35.9 Å². The summed E-state index contributed by atoms with van der Waals surface area (Å²) in [7, 11) is -3.79. The summed E-state index contributed by atoms with van der Waals surface area (Å²) in [5, 5.41) is 1.14. The number of fused-ring (bicyclic) bond motifs is 1. The zero-order valence-corrected chi connectivity index (χ0v) is 16.8. The Kier molecular flexibility index (Phi) is 4.88. The number of hydrogen-bond acceptors (Lipinski definition) is 3. The fourth-order valence-electron chi connectivity index (χ4n) is 2.32. The number of sulfone groups is 1. The minimum Gasteiger partial charge on any atom is -0.321 e. The van der Waals surface area contributed by atoms with Crippen LogP contribution in [0.5, 0.6) is 0 Å². The first-order chi connectivity index (χ1) is 11.3. The zero-order chi connectivity index (χ0) is 17.5. The van der Waals surface area contributed by atoms with Gasteiger partial charge in [0.1, 0.15) is 4.90 Å². The number of hydrogen-bond donors (Lipinski definition) is 1. The average Bonchev–Trinajstić information content (AvgIpc) is 2.48. The molecule has 0 saturated heterocycles. The molecule has 0 aliphatic rings. The second-order valence-electron chi connectivity index (χ2n) is 5.20. The van der Waals surface area contributed by atoms with Crippen molar-refractivity contribution in [3.05, 3.63) is 72.3 Å². The number of H-pyrrole nitrogens is 1. The van der Waals surface area contributed by atoms with Gasteiger partial charge in [-0.15, -0.1) is 0 Å². The molecule has 0 aliphatic carbocycles. The van der Waals surface area contributed by atoms with Gasteiger partial charge < -0.3 is 4.98 Å². The summed E-state index contributed by atoms with van der Waals surface area (Å²) in [4.78, 5) is 14.6. The van der Waals surface area contributed by atoms with Crippen LogP contribution in [0.2, 0.25) is 5.02 Å². The summed E-state index contributed by atoms with van der Waals surface area (Å²) in [5.74, 6) is -0.271. The largest absolute Gasteiger partial charge is 0.321 e. The van der Waals surface area contributed by atoms with Gasteiger partial charge in [-0.1, -0.05) is 55.6 Å². The van der Waals surface area contributed by atoms with Crippen molar-refractivity contribution in [3.8, 4) is 0 Å². The molecule has 0 spiro atoms. The van der Waals surface area contributed by atoms with E-state index in [1.54, 1.807) is 36.4 Å². The van der Waals surface area contributed by atoms with Crippen molar-refractivity contribution in [1.29, 1.82) is 0 Å². The maximum Gasteiger partial charge on any atom is 0.267 e. The van der Waals surface area contributed by atoms with E-state index < -0.39 is 15.4 Å². The second-order valence-corrected chi connectivity index (χ2v) is 9.36. The number of aromatic nitrogens is 1. The normalized spacial score (nSPS) is 11.8. The number of pyridine rings is 1. The Labute approximate surface area is 160 Å². The smallest absolute Gasteiger partial charge is 0.267 e. The zero-order valence-electron chi connectivity index (χ0n) is 12.0. The van der Waals surface area contributed by atoms with Crippen LogP contribution in [-0.4, -0.2) is 13.4 Å². The number of halogens is 3. The maximum atomic E-state index is 12.7. The molecule has 0 saturated carbocycles. The molecule has 4 nitrogen and oxygen atoms in total. The fourth-order valence-corrected chi connectivity index (χ4v) is 5.21. The summed E-state index contributed by atoms with van der Waals surface area (Å²) in [5.41, 5.74) is 0.474. The van der Waals surface area contributed by atoms with Gasteiger partial charge in [0.25, 0.3) is 5.56 Å². The first-order valence-corrected chi connectivity index (χ1v) is 10.4. The number of aromatic amines is 1. The lowest BCUT2D eigenvalue weighted by Gasteiger charge is -2.07. The van der Waals surface area contributed by atoms with Crippen LogP contribution in [0.3, 0.4) is 0 Å². The molecular weight excluding hydrogens is 482 g/mol. The Balaban J connectivity index is 2.12. The van der Waals surface area contributed by atoms with Crippen LogP contribution in [0.1, 0.15) is 5.56 Å². The molecule has 124 valence electrons. The number of benzene rings is 2. The molecule has 0 radical (unpaired) electrons. The van der Waals surface area contributed by atoms with Gasteiger partial charge in [-0.25, -0.2) is 8.42 Å². The predicted octanol–water partition coefficient (Wildman–Crippen LogP) is 4.68. The van der Waals surface area contributed by atoms with Crippen molar-refractivity contribution >= 4 is 64.2 Å². The van der Waals surface area contributed by atoms with Gasteiger partial charge >= 0.3 is 0 Å². The van der Waals surface area contributed by atoms with Crippen molar-refractivity contribution in [2.75, 3.05) is 0 Å². The van der Waals surface area contributed by atoms with Crippen LogP contribution in [0.25, 0.3) is 10.9 Å². The molecule has 0 bridgehead atoms. The highest BCUT2D eigenvalue weighted by molar-refractivity contribution is 9.11. The van der Waals surface area contributed by atoms with Crippen LogP contribution in [-0.2, 0) is 15.6 Å². The van der Waals surface area contributed by atoms with Gasteiger partial charge in [0, 0.05) is 19.4 Å². The molecule has 0 atom stereocenters. The van der Waals surface area contributed by atoms with E-state index in [9.17, 15) is 13.2 Å². The van der Waals surface area contributed by atoms with Crippen molar-refractivity contribution < 1.29 is 8.42 Å². The van der Waals surface area contributed by atoms with Gasteiger partial charge in [-0.2, -0.15) is 0 Å². The highest BCUT2D eigenvalue weighted by Crippen LogP contribution is 2.28. The number of nitrogens with one attached hydrogen (secondary N) is 1. The highest BCUT2D eigenvalue weighted by atomic mass is 79.9. The van der Waals surface area contributed by atoms with Crippen molar-refractivity contribution in [1.82, 2.24) is 4.98 Å². The molecule has 1 N–H and O–H groups in total. The molecule has 0 amide bonds. The first-order valence-electron chi connectivity index (χ1n) is 6.75. The van der Waals surface area contributed by atoms with Gasteiger partial charge in [0.15, 0.2) is 9.84 Å². The van der Waals surface area contributed by atoms with Crippen LogP contribution in [0.15, 0.2) is 61.1 Å². The van der Waals surface area contributed by atoms with Crippen LogP contribution >= 0.6 is 43.5 Å². The standard InChI is InChI=1S/C16H10Br2ClNO3S/c17-10-5-13(18)12-7-15(16(21)20-14(12)6-10)24(22,23)8-9-1-3-11(19)4-2-9/h1-7H,8H2,(H,20,21). The van der Waals surface area contributed by atoms with E-state index in [1.165, 1.54) is 6.07 Å². The van der Waals surface area contributed by atoms with E-state index in [4.69, 9.17) is 11.6 Å². The minimum absolute atomic E-state index is 0.257. The fraction of sp³-hybridized carbons (Fsp3) is 0.0625. The monoisotopic (exact) mass is 489 g/mol. The highest BCUT2D eigenvalue weighted by Gasteiger charge is 2.21. The van der Waals surface area contributed by atoms with Crippen LogP contribution < -0.4 is 5.56 Å². The summed E-state index contributed by atoms with van der Waals surface area (Å²) in [6.07, 6.45) is 0. The summed E-state index contributed by atoms with van der Waals surface area (Å²) in [6, 6.07) is 11.4. The van der Waals surface area contributed by atoms with E-state index in [0.717, 1.165) is 4.47 Å². The molecule has 24 heavy (non-hydrogen) atoms. The lowest BCUT2D eigenvalue weighted by molar-refractivity contribution is 0.594. The summed E-state index contributed by atoms with van der Waals surface area (Å²) in [6.45, 7) is 0. The Morgan fingerprint density at radius 1 is 1.04 bits per heavy atom. The third kappa shape index (κ3) is 3.59. The van der Waals surface area contributed by atoms with Crippen molar-refractivity contribution in [3.63, 3.8) is 0 Å². The van der Waals surface area contributed by atoms with Crippen molar-refractivity contribution in [2.45, 2.75) is 10.6 Å². The van der Waals surface area contributed by atoms with Gasteiger partial charge in [0.05, 0.1) is 11.3 Å². The molecule has 0 aliphatic heterocycles. The van der Waals surface area contributed by atoms with Crippen molar-refractivity contribution in [2.24, 2.45) is 0 Å². The predicted molar refractivity (Wildman–Crippen MR) is 102 cm³/mol. The second kappa shape index (κ2) is 6.63. The van der Waals surface area contributed by atoms with Gasteiger partial charge in [0.2, 0.25) is 0 Å². The Morgan fingerprint density at radius 2 is 1.71 bits per heavy atom. The average molecular weight is 492 g/mol. The molecule has 8 heteroatoms. The Morgan fingerprint density at radius 3 is 2.38 bits per heavy atom. The summed E-state index contributed by atoms with van der Waals surface area (Å²) >= 11 is 12.5.